The lowest BCUT2D eigenvalue weighted by Crippen LogP contribution is -2.22. The predicted molar refractivity (Wildman–Crippen MR) is 38.4 cm³/mol. The van der Waals surface area contributed by atoms with Crippen molar-refractivity contribution in [2.75, 3.05) is 5.88 Å². The van der Waals surface area contributed by atoms with E-state index in [0.717, 1.165) is 0 Å². The van der Waals surface area contributed by atoms with Crippen molar-refractivity contribution in [3.05, 3.63) is 0 Å². The predicted octanol–water partition coefficient (Wildman–Crippen LogP) is 3.26. The number of halogens is 4. The van der Waals surface area contributed by atoms with Crippen LogP contribution < -0.4 is 0 Å². The molecular formula is C5H8ClF3S. The van der Waals surface area contributed by atoms with Crippen LogP contribution >= 0.6 is 23.4 Å². The molecule has 5 heteroatoms. The number of hydrogen-bond donors (Lipinski definition) is 0. The summed E-state index contributed by atoms with van der Waals surface area (Å²) in [4.78, 5) is 0. The molecule has 0 radical (unpaired) electrons. The van der Waals surface area contributed by atoms with Gasteiger partial charge in [-0.2, -0.15) is 13.2 Å². The number of alkyl halides is 4. The summed E-state index contributed by atoms with van der Waals surface area (Å²) in [6.07, 6.45) is 0. The van der Waals surface area contributed by atoms with Crippen LogP contribution in [0.25, 0.3) is 0 Å². The van der Waals surface area contributed by atoms with Gasteiger partial charge in [-0.15, -0.1) is 11.6 Å². The molecule has 10 heavy (non-hydrogen) atoms. The van der Waals surface area contributed by atoms with Gasteiger partial charge in [-0.05, 0) is 25.6 Å². The second-order valence-corrected chi connectivity index (χ2v) is 4.48. The van der Waals surface area contributed by atoms with Crippen LogP contribution in [0.4, 0.5) is 13.2 Å². The highest BCUT2D eigenvalue weighted by Gasteiger charge is 2.36. The summed E-state index contributed by atoms with van der Waals surface area (Å²) in [6, 6.07) is 0. The lowest BCUT2D eigenvalue weighted by atomic mass is 10.2. The third kappa shape index (κ3) is 5.23. The van der Waals surface area contributed by atoms with Crippen LogP contribution in [-0.2, 0) is 0 Å². The fraction of sp³-hybridized carbons (Fsp3) is 1.00. The maximum atomic E-state index is 11.6. The molecule has 0 atom stereocenters. The van der Waals surface area contributed by atoms with Crippen LogP contribution in [0, 0.1) is 0 Å². The van der Waals surface area contributed by atoms with Crippen LogP contribution in [0.3, 0.4) is 0 Å². The zero-order chi connectivity index (χ0) is 8.41. The van der Waals surface area contributed by atoms with Gasteiger partial charge in [0.1, 0.15) is 0 Å². The Morgan fingerprint density at radius 1 is 1.30 bits per heavy atom. The molecule has 0 saturated heterocycles. The van der Waals surface area contributed by atoms with Crippen LogP contribution in [0.5, 0.6) is 0 Å². The molecule has 0 aliphatic heterocycles. The molecule has 0 aromatic rings. The van der Waals surface area contributed by atoms with Crippen molar-refractivity contribution in [1.82, 2.24) is 0 Å². The fourth-order valence-corrected chi connectivity index (χ4v) is 1.19. The zero-order valence-corrected chi connectivity index (χ0v) is 7.20. The summed E-state index contributed by atoms with van der Waals surface area (Å²) in [7, 11) is 0. The number of hydrogen-bond acceptors (Lipinski definition) is 1. The maximum absolute atomic E-state index is 11.6. The van der Waals surface area contributed by atoms with E-state index in [1.165, 1.54) is 13.8 Å². The van der Waals surface area contributed by atoms with E-state index < -0.39 is 10.3 Å². The van der Waals surface area contributed by atoms with E-state index in [1.807, 2.05) is 0 Å². The first-order chi connectivity index (χ1) is 4.27. The summed E-state index contributed by atoms with van der Waals surface area (Å²) >= 11 is 5.21. The molecule has 0 amide bonds. The first-order valence-electron chi connectivity index (χ1n) is 2.60. The third-order valence-corrected chi connectivity index (χ3v) is 2.47. The highest BCUT2D eigenvalue weighted by Crippen LogP contribution is 2.40. The van der Waals surface area contributed by atoms with E-state index in [-0.39, 0.29) is 17.6 Å². The standard InChI is InChI=1S/C5H8ClF3S/c1-4(2,3-6)10-5(7,8)9/h3H2,1-2H3. The van der Waals surface area contributed by atoms with Crippen molar-refractivity contribution in [1.29, 1.82) is 0 Å². The molecule has 0 nitrogen and oxygen atoms in total. The Labute approximate surface area is 67.1 Å². The molecule has 0 bridgehead atoms. The minimum Gasteiger partial charge on any atom is -0.160 e. The Morgan fingerprint density at radius 2 is 1.70 bits per heavy atom. The average Bonchev–Trinajstić information content (AvgIpc) is 1.60. The van der Waals surface area contributed by atoms with Crippen molar-refractivity contribution >= 4 is 23.4 Å². The maximum Gasteiger partial charge on any atom is 0.442 e. The van der Waals surface area contributed by atoms with Crippen molar-refractivity contribution in [3.8, 4) is 0 Å². The first-order valence-corrected chi connectivity index (χ1v) is 3.95. The van der Waals surface area contributed by atoms with Gasteiger partial charge in [-0.25, -0.2) is 0 Å². The van der Waals surface area contributed by atoms with Crippen LogP contribution in [0.2, 0.25) is 0 Å². The first kappa shape index (κ1) is 10.4. The molecule has 0 spiro atoms. The lowest BCUT2D eigenvalue weighted by molar-refractivity contribution is -0.0338. The smallest absolute Gasteiger partial charge is 0.160 e. The molecule has 62 valence electrons. The van der Waals surface area contributed by atoms with E-state index >= 15 is 0 Å². The largest absolute Gasteiger partial charge is 0.442 e. The Hall–Kier alpha value is 0.430. The quantitative estimate of drug-likeness (QED) is 0.606. The SMILES string of the molecule is CC(C)(CCl)SC(F)(F)F. The molecule has 0 aromatic carbocycles. The van der Waals surface area contributed by atoms with Crippen molar-refractivity contribution < 1.29 is 13.2 Å². The zero-order valence-electron chi connectivity index (χ0n) is 5.63. The molecule has 0 saturated carbocycles. The molecular weight excluding hydrogens is 185 g/mol. The van der Waals surface area contributed by atoms with Gasteiger partial charge in [0.2, 0.25) is 0 Å². The molecule has 0 aliphatic rings. The Kier molecular flexibility index (Phi) is 3.36. The monoisotopic (exact) mass is 192 g/mol. The fourth-order valence-electron chi connectivity index (χ4n) is 0.341. The van der Waals surface area contributed by atoms with Crippen LogP contribution in [0.15, 0.2) is 0 Å². The highest BCUT2D eigenvalue weighted by atomic mass is 35.5. The molecule has 0 unspecified atom stereocenters. The Morgan fingerprint density at radius 3 is 1.80 bits per heavy atom. The van der Waals surface area contributed by atoms with E-state index in [0.29, 0.717) is 0 Å². The molecule has 0 rings (SSSR count). The van der Waals surface area contributed by atoms with Crippen LogP contribution in [0.1, 0.15) is 13.8 Å². The summed E-state index contributed by atoms with van der Waals surface area (Å²) in [5.74, 6) is -0.00280. The number of thioether (sulfide) groups is 1. The summed E-state index contributed by atoms with van der Waals surface area (Å²) in [5.41, 5.74) is -4.18. The van der Waals surface area contributed by atoms with E-state index in [4.69, 9.17) is 11.6 Å². The molecule has 0 aromatic heterocycles. The summed E-state index contributed by atoms with van der Waals surface area (Å²) in [5, 5.41) is 0. The van der Waals surface area contributed by atoms with E-state index in [9.17, 15) is 13.2 Å². The normalized spacial score (nSPS) is 13.8. The van der Waals surface area contributed by atoms with E-state index in [1.54, 1.807) is 0 Å². The van der Waals surface area contributed by atoms with Crippen molar-refractivity contribution in [2.45, 2.75) is 24.1 Å². The van der Waals surface area contributed by atoms with Crippen molar-refractivity contribution in [2.24, 2.45) is 0 Å². The molecule has 0 fully saturated rings. The van der Waals surface area contributed by atoms with Gasteiger partial charge in [0.05, 0.1) is 0 Å². The minimum absolute atomic E-state index is 0.00280. The molecule has 0 heterocycles. The minimum atomic E-state index is -4.18. The third-order valence-electron chi connectivity index (χ3n) is 0.714. The van der Waals surface area contributed by atoms with Gasteiger partial charge in [-0.1, -0.05) is 0 Å². The highest BCUT2D eigenvalue weighted by molar-refractivity contribution is 8.01. The Balaban J connectivity index is 3.89. The summed E-state index contributed by atoms with van der Waals surface area (Å²) < 4.78 is 34.0. The second-order valence-electron chi connectivity index (χ2n) is 2.44. The van der Waals surface area contributed by atoms with Gasteiger partial charge >= 0.3 is 5.51 Å². The second kappa shape index (κ2) is 3.22. The summed E-state index contributed by atoms with van der Waals surface area (Å²) in [6.45, 7) is 2.91. The Bertz CT molecular complexity index is 110. The van der Waals surface area contributed by atoms with E-state index in [2.05, 4.69) is 0 Å². The van der Waals surface area contributed by atoms with Gasteiger partial charge in [0.25, 0.3) is 0 Å². The average molecular weight is 193 g/mol. The van der Waals surface area contributed by atoms with Gasteiger partial charge in [0, 0.05) is 10.6 Å². The number of rotatable bonds is 2. The van der Waals surface area contributed by atoms with Crippen LogP contribution in [-0.4, -0.2) is 16.1 Å². The van der Waals surface area contributed by atoms with Crippen molar-refractivity contribution in [3.63, 3.8) is 0 Å². The van der Waals surface area contributed by atoms with Gasteiger partial charge in [0.15, 0.2) is 0 Å². The molecule has 0 aliphatic carbocycles. The van der Waals surface area contributed by atoms with Gasteiger partial charge in [-0.3, -0.25) is 0 Å². The lowest BCUT2D eigenvalue weighted by Gasteiger charge is -2.21. The topological polar surface area (TPSA) is 0 Å². The molecule has 0 N–H and O–H groups in total. The van der Waals surface area contributed by atoms with Gasteiger partial charge < -0.3 is 0 Å².